The maximum Gasteiger partial charge on any atom is 0.271 e. The lowest BCUT2D eigenvalue weighted by atomic mass is 10.2. The van der Waals surface area contributed by atoms with E-state index >= 15 is 0 Å². The quantitative estimate of drug-likeness (QED) is 0.771. The van der Waals surface area contributed by atoms with Crippen molar-refractivity contribution in [3.63, 3.8) is 0 Å². The minimum atomic E-state index is -0.129. The van der Waals surface area contributed by atoms with E-state index in [4.69, 9.17) is 16.3 Å². The van der Waals surface area contributed by atoms with Crippen LogP contribution in [0.5, 0.6) is 0 Å². The first kappa shape index (κ1) is 16.5. The van der Waals surface area contributed by atoms with Gasteiger partial charge in [-0.3, -0.25) is 4.79 Å². The SMILES string of the molecule is COCCn1ccc2c(Cl)cc(Nc3cnn(C)c(=O)c3C)cc21. The molecule has 2 aromatic heterocycles. The summed E-state index contributed by atoms with van der Waals surface area (Å²) in [6.45, 7) is 3.14. The third-order valence-corrected chi connectivity index (χ3v) is 4.35. The number of anilines is 2. The fourth-order valence-corrected chi connectivity index (χ4v) is 2.92. The molecule has 0 saturated heterocycles. The fraction of sp³-hybridized carbons (Fsp3) is 0.294. The van der Waals surface area contributed by atoms with Crippen LogP contribution in [0.1, 0.15) is 5.56 Å². The van der Waals surface area contributed by atoms with Crippen molar-refractivity contribution >= 4 is 33.9 Å². The Balaban J connectivity index is 2.01. The Bertz CT molecular complexity index is 946. The second-order valence-electron chi connectivity index (χ2n) is 5.63. The highest BCUT2D eigenvalue weighted by atomic mass is 35.5. The Kier molecular flexibility index (Phi) is 4.59. The minimum absolute atomic E-state index is 0.129. The highest BCUT2D eigenvalue weighted by molar-refractivity contribution is 6.35. The van der Waals surface area contributed by atoms with E-state index in [1.807, 2.05) is 24.4 Å². The van der Waals surface area contributed by atoms with Gasteiger partial charge in [0.25, 0.3) is 5.56 Å². The summed E-state index contributed by atoms with van der Waals surface area (Å²) in [4.78, 5) is 12.0. The summed E-state index contributed by atoms with van der Waals surface area (Å²) in [5.41, 5.74) is 2.97. The molecule has 24 heavy (non-hydrogen) atoms. The summed E-state index contributed by atoms with van der Waals surface area (Å²) in [5, 5.41) is 8.93. The third kappa shape index (κ3) is 3.02. The summed E-state index contributed by atoms with van der Waals surface area (Å²) in [7, 11) is 3.31. The molecule has 0 aliphatic rings. The van der Waals surface area contributed by atoms with Gasteiger partial charge in [0, 0.05) is 43.5 Å². The van der Waals surface area contributed by atoms with Crippen molar-refractivity contribution in [2.24, 2.45) is 7.05 Å². The van der Waals surface area contributed by atoms with Crippen molar-refractivity contribution in [3.05, 3.63) is 51.5 Å². The van der Waals surface area contributed by atoms with Crippen molar-refractivity contribution in [1.29, 1.82) is 0 Å². The van der Waals surface area contributed by atoms with Crippen LogP contribution < -0.4 is 10.9 Å². The Labute approximate surface area is 144 Å². The number of fused-ring (bicyclic) bond motifs is 1. The first-order valence-corrected chi connectivity index (χ1v) is 7.96. The third-order valence-electron chi connectivity index (χ3n) is 4.03. The van der Waals surface area contributed by atoms with Gasteiger partial charge in [0.05, 0.1) is 29.0 Å². The summed E-state index contributed by atoms with van der Waals surface area (Å²) >= 11 is 6.41. The lowest BCUT2D eigenvalue weighted by Crippen LogP contribution is -2.22. The van der Waals surface area contributed by atoms with Gasteiger partial charge < -0.3 is 14.6 Å². The van der Waals surface area contributed by atoms with Gasteiger partial charge in [0.1, 0.15) is 0 Å². The Morgan fingerprint density at radius 3 is 2.92 bits per heavy atom. The average molecular weight is 347 g/mol. The number of methoxy groups -OCH3 is 1. The molecule has 7 heteroatoms. The minimum Gasteiger partial charge on any atom is -0.383 e. The Morgan fingerprint density at radius 2 is 2.17 bits per heavy atom. The second-order valence-corrected chi connectivity index (χ2v) is 6.04. The lowest BCUT2D eigenvalue weighted by molar-refractivity contribution is 0.188. The number of ether oxygens (including phenoxy) is 1. The van der Waals surface area contributed by atoms with Crippen molar-refractivity contribution in [1.82, 2.24) is 14.3 Å². The highest BCUT2D eigenvalue weighted by Crippen LogP contribution is 2.30. The molecule has 0 aliphatic carbocycles. The molecular formula is C17H19ClN4O2. The predicted molar refractivity (Wildman–Crippen MR) is 96.3 cm³/mol. The molecule has 0 radical (unpaired) electrons. The zero-order valence-electron chi connectivity index (χ0n) is 13.8. The largest absolute Gasteiger partial charge is 0.383 e. The van der Waals surface area contributed by atoms with Crippen LogP contribution in [0.4, 0.5) is 11.4 Å². The van der Waals surface area contributed by atoms with E-state index in [0.717, 1.165) is 23.1 Å². The number of benzene rings is 1. The predicted octanol–water partition coefficient (Wildman–Crippen LogP) is 3.09. The number of rotatable bonds is 5. The van der Waals surface area contributed by atoms with Gasteiger partial charge >= 0.3 is 0 Å². The number of hydrogen-bond acceptors (Lipinski definition) is 4. The van der Waals surface area contributed by atoms with Crippen LogP contribution in [0.3, 0.4) is 0 Å². The second kappa shape index (κ2) is 6.67. The lowest BCUT2D eigenvalue weighted by Gasteiger charge is -2.12. The van der Waals surface area contributed by atoms with Gasteiger partial charge in [0.15, 0.2) is 0 Å². The number of aryl methyl sites for hydroxylation is 1. The summed E-state index contributed by atoms with van der Waals surface area (Å²) in [6, 6.07) is 5.84. The van der Waals surface area contributed by atoms with E-state index in [-0.39, 0.29) is 5.56 Å². The van der Waals surface area contributed by atoms with Gasteiger partial charge in [-0.05, 0) is 25.1 Å². The van der Waals surface area contributed by atoms with Crippen LogP contribution in [0.2, 0.25) is 5.02 Å². The Hall–Kier alpha value is -2.31. The van der Waals surface area contributed by atoms with Gasteiger partial charge in [-0.2, -0.15) is 5.10 Å². The van der Waals surface area contributed by atoms with Gasteiger partial charge in [-0.1, -0.05) is 11.6 Å². The molecule has 0 aliphatic heterocycles. The van der Waals surface area contributed by atoms with E-state index in [9.17, 15) is 4.79 Å². The Morgan fingerprint density at radius 1 is 1.38 bits per heavy atom. The van der Waals surface area contributed by atoms with Gasteiger partial charge in [0.2, 0.25) is 0 Å². The first-order valence-electron chi connectivity index (χ1n) is 7.58. The maximum atomic E-state index is 12.0. The number of nitrogens with one attached hydrogen (secondary N) is 1. The molecule has 2 heterocycles. The van der Waals surface area contributed by atoms with E-state index in [1.165, 1.54) is 4.68 Å². The van der Waals surface area contributed by atoms with Crippen LogP contribution in [-0.2, 0) is 18.3 Å². The van der Waals surface area contributed by atoms with Crippen LogP contribution in [0, 0.1) is 6.92 Å². The smallest absolute Gasteiger partial charge is 0.271 e. The molecule has 0 spiro atoms. The zero-order chi connectivity index (χ0) is 17.3. The molecule has 3 rings (SSSR count). The zero-order valence-corrected chi connectivity index (χ0v) is 14.6. The van der Waals surface area contributed by atoms with E-state index in [0.29, 0.717) is 22.9 Å². The number of nitrogens with zero attached hydrogens (tertiary/aromatic N) is 3. The van der Waals surface area contributed by atoms with E-state index in [2.05, 4.69) is 15.0 Å². The molecule has 0 atom stereocenters. The first-order chi connectivity index (χ1) is 11.5. The molecule has 1 aromatic carbocycles. The molecule has 1 N–H and O–H groups in total. The van der Waals surface area contributed by atoms with E-state index < -0.39 is 0 Å². The standard InChI is InChI=1S/C17H19ClN4O2/c1-11-15(10-19-21(2)17(11)23)20-12-8-14(18)13-4-5-22(6-7-24-3)16(13)9-12/h4-5,8-10,20H,6-7H2,1-3H3. The maximum absolute atomic E-state index is 12.0. The molecule has 126 valence electrons. The number of halogens is 1. The normalized spacial score (nSPS) is 11.2. The molecule has 0 unspecified atom stereocenters. The molecule has 0 fully saturated rings. The van der Waals surface area contributed by atoms with Gasteiger partial charge in [-0.25, -0.2) is 4.68 Å². The monoisotopic (exact) mass is 346 g/mol. The van der Waals surface area contributed by atoms with Crippen molar-refractivity contribution in [3.8, 4) is 0 Å². The summed E-state index contributed by atoms with van der Waals surface area (Å²) < 4.78 is 8.55. The molecule has 0 amide bonds. The fourth-order valence-electron chi connectivity index (χ4n) is 2.64. The van der Waals surface area contributed by atoms with Crippen LogP contribution in [-0.4, -0.2) is 28.1 Å². The van der Waals surface area contributed by atoms with Crippen molar-refractivity contribution < 1.29 is 4.74 Å². The molecule has 0 bridgehead atoms. The van der Waals surface area contributed by atoms with Crippen molar-refractivity contribution in [2.75, 3.05) is 19.0 Å². The molecule has 0 saturated carbocycles. The number of aromatic nitrogens is 3. The summed E-state index contributed by atoms with van der Waals surface area (Å²) in [5.74, 6) is 0. The molecule has 3 aromatic rings. The van der Waals surface area contributed by atoms with Crippen LogP contribution >= 0.6 is 11.6 Å². The molecule has 6 nitrogen and oxygen atoms in total. The topological polar surface area (TPSA) is 61.1 Å². The van der Waals surface area contributed by atoms with Crippen LogP contribution in [0.25, 0.3) is 10.9 Å². The van der Waals surface area contributed by atoms with E-state index in [1.54, 1.807) is 27.3 Å². The van der Waals surface area contributed by atoms with Crippen LogP contribution in [0.15, 0.2) is 35.4 Å². The van der Waals surface area contributed by atoms with Gasteiger partial charge in [-0.15, -0.1) is 0 Å². The van der Waals surface area contributed by atoms with Crippen molar-refractivity contribution in [2.45, 2.75) is 13.5 Å². The highest BCUT2D eigenvalue weighted by Gasteiger charge is 2.10. The summed E-state index contributed by atoms with van der Waals surface area (Å²) in [6.07, 6.45) is 3.63. The molecular weight excluding hydrogens is 328 g/mol. The number of hydrogen-bond donors (Lipinski definition) is 1. The average Bonchev–Trinajstić information content (AvgIpc) is 2.97.